The Labute approximate surface area is 117 Å². The van der Waals surface area contributed by atoms with Crippen LogP contribution in [-0.2, 0) is 12.8 Å². The fourth-order valence-corrected chi connectivity index (χ4v) is 2.79. The molecule has 0 amide bonds. The predicted molar refractivity (Wildman–Crippen MR) is 86.6 cm³/mol. The van der Waals surface area contributed by atoms with Crippen molar-refractivity contribution in [1.29, 1.82) is 0 Å². The van der Waals surface area contributed by atoms with Crippen LogP contribution in [0.25, 0.3) is 16.8 Å². The van der Waals surface area contributed by atoms with E-state index >= 15 is 0 Å². The standard InChI is InChI=1S/C19H24/c1-4-7-10-16-11-8-12-18-14-15(6-3)13-17(9-5-2)19(16)18/h6,8,11-14H,3-5,7,9-10H2,1-2H3. The fraction of sp³-hybridized carbons (Fsp3) is 0.368. The van der Waals surface area contributed by atoms with Gasteiger partial charge in [-0.2, -0.15) is 0 Å². The summed E-state index contributed by atoms with van der Waals surface area (Å²) in [5.41, 5.74) is 4.24. The van der Waals surface area contributed by atoms with Gasteiger partial charge in [0.1, 0.15) is 0 Å². The minimum Gasteiger partial charge on any atom is -0.0985 e. The van der Waals surface area contributed by atoms with E-state index in [0.29, 0.717) is 0 Å². The normalized spacial score (nSPS) is 10.8. The highest BCUT2D eigenvalue weighted by atomic mass is 14.1. The summed E-state index contributed by atoms with van der Waals surface area (Å²) < 4.78 is 0. The first-order chi connectivity index (χ1) is 9.30. The summed E-state index contributed by atoms with van der Waals surface area (Å²) >= 11 is 0. The maximum absolute atomic E-state index is 3.91. The number of unbranched alkanes of at least 4 members (excludes halogenated alkanes) is 1. The first kappa shape index (κ1) is 13.9. The Morgan fingerprint density at radius 1 is 1.00 bits per heavy atom. The molecule has 0 unspecified atom stereocenters. The number of benzene rings is 2. The number of aryl methyl sites for hydroxylation is 2. The summed E-state index contributed by atoms with van der Waals surface area (Å²) in [7, 11) is 0. The maximum Gasteiger partial charge on any atom is -0.0119 e. The lowest BCUT2D eigenvalue weighted by Gasteiger charge is -2.13. The molecule has 0 saturated heterocycles. The van der Waals surface area contributed by atoms with Gasteiger partial charge in [0, 0.05) is 0 Å². The Bertz CT molecular complexity index is 564. The van der Waals surface area contributed by atoms with Crippen molar-refractivity contribution in [2.45, 2.75) is 46.0 Å². The summed E-state index contributed by atoms with van der Waals surface area (Å²) in [4.78, 5) is 0. The fourth-order valence-electron chi connectivity index (χ4n) is 2.79. The molecular weight excluding hydrogens is 228 g/mol. The van der Waals surface area contributed by atoms with Crippen LogP contribution in [0.5, 0.6) is 0 Å². The van der Waals surface area contributed by atoms with Gasteiger partial charge in [0.05, 0.1) is 0 Å². The molecular formula is C19H24. The maximum atomic E-state index is 3.91. The lowest BCUT2D eigenvalue weighted by atomic mass is 9.92. The summed E-state index contributed by atoms with van der Waals surface area (Å²) in [5.74, 6) is 0. The molecule has 0 fully saturated rings. The van der Waals surface area contributed by atoms with Gasteiger partial charge in [0.15, 0.2) is 0 Å². The molecule has 0 nitrogen and oxygen atoms in total. The second-order valence-electron chi connectivity index (χ2n) is 5.25. The zero-order chi connectivity index (χ0) is 13.7. The molecule has 2 aromatic rings. The molecule has 0 bridgehead atoms. The molecule has 0 heteroatoms. The summed E-state index contributed by atoms with van der Waals surface area (Å²) in [6.07, 6.45) is 8.02. The zero-order valence-corrected chi connectivity index (χ0v) is 12.2. The average Bonchev–Trinajstić information content (AvgIpc) is 2.44. The lowest BCUT2D eigenvalue weighted by molar-refractivity contribution is 0.798. The topological polar surface area (TPSA) is 0 Å². The van der Waals surface area contributed by atoms with Gasteiger partial charge < -0.3 is 0 Å². The van der Waals surface area contributed by atoms with Crippen LogP contribution in [0.3, 0.4) is 0 Å². The van der Waals surface area contributed by atoms with E-state index in [4.69, 9.17) is 0 Å². The Balaban J connectivity index is 2.60. The zero-order valence-electron chi connectivity index (χ0n) is 12.2. The molecule has 0 aliphatic carbocycles. The van der Waals surface area contributed by atoms with Gasteiger partial charge in [-0.3, -0.25) is 0 Å². The average molecular weight is 252 g/mol. The van der Waals surface area contributed by atoms with Crippen LogP contribution < -0.4 is 0 Å². The third-order valence-corrected chi connectivity index (χ3v) is 3.72. The van der Waals surface area contributed by atoms with Gasteiger partial charge in [-0.25, -0.2) is 0 Å². The number of hydrogen-bond acceptors (Lipinski definition) is 0. The predicted octanol–water partition coefficient (Wildman–Crippen LogP) is 5.78. The highest BCUT2D eigenvalue weighted by molar-refractivity contribution is 5.90. The van der Waals surface area contributed by atoms with Crippen molar-refractivity contribution in [3.63, 3.8) is 0 Å². The van der Waals surface area contributed by atoms with Crippen molar-refractivity contribution < 1.29 is 0 Å². The van der Waals surface area contributed by atoms with E-state index in [1.54, 1.807) is 0 Å². The van der Waals surface area contributed by atoms with Crippen LogP contribution >= 0.6 is 0 Å². The van der Waals surface area contributed by atoms with Crippen molar-refractivity contribution in [2.75, 3.05) is 0 Å². The smallest absolute Gasteiger partial charge is 0.0119 e. The molecule has 2 aromatic carbocycles. The molecule has 100 valence electrons. The monoisotopic (exact) mass is 252 g/mol. The highest BCUT2D eigenvalue weighted by Gasteiger charge is 2.07. The van der Waals surface area contributed by atoms with E-state index < -0.39 is 0 Å². The quantitative estimate of drug-likeness (QED) is 0.611. The largest absolute Gasteiger partial charge is 0.0985 e. The van der Waals surface area contributed by atoms with Crippen LogP contribution in [0.4, 0.5) is 0 Å². The number of fused-ring (bicyclic) bond motifs is 1. The van der Waals surface area contributed by atoms with E-state index in [0.717, 1.165) is 6.42 Å². The molecule has 0 N–H and O–H groups in total. The Morgan fingerprint density at radius 3 is 2.53 bits per heavy atom. The van der Waals surface area contributed by atoms with Crippen molar-refractivity contribution >= 4 is 16.8 Å². The SMILES string of the molecule is C=Cc1cc(CCC)c2c(CCCC)cccc2c1. The molecule has 0 spiro atoms. The molecule has 0 aliphatic rings. The van der Waals surface area contributed by atoms with E-state index in [1.165, 1.54) is 53.1 Å². The Hall–Kier alpha value is -1.56. The Morgan fingerprint density at radius 2 is 1.84 bits per heavy atom. The lowest BCUT2D eigenvalue weighted by Crippen LogP contribution is -1.94. The minimum absolute atomic E-state index is 1.15. The second kappa shape index (κ2) is 6.56. The molecule has 0 atom stereocenters. The van der Waals surface area contributed by atoms with Gasteiger partial charge in [-0.1, -0.05) is 63.6 Å². The highest BCUT2D eigenvalue weighted by Crippen LogP contribution is 2.27. The van der Waals surface area contributed by atoms with E-state index in [-0.39, 0.29) is 0 Å². The molecule has 19 heavy (non-hydrogen) atoms. The molecule has 0 aliphatic heterocycles. The third kappa shape index (κ3) is 3.07. The molecule has 2 rings (SSSR count). The summed E-state index contributed by atoms with van der Waals surface area (Å²) in [6, 6.07) is 11.3. The summed E-state index contributed by atoms with van der Waals surface area (Å²) in [6.45, 7) is 8.42. The van der Waals surface area contributed by atoms with E-state index in [9.17, 15) is 0 Å². The first-order valence-electron chi connectivity index (χ1n) is 7.47. The van der Waals surface area contributed by atoms with Gasteiger partial charge in [-0.05, 0) is 52.8 Å². The van der Waals surface area contributed by atoms with Gasteiger partial charge in [0.25, 0.3) is 0 Å². The minimum atomic E-state index is 1.15. The number of rotatable bonds is 6. The summed E-state index contributed by atoms with van der Waals surface area (Å²) in [5, 5.41) is 2.86. The van der Waals surface area contributed by atoms with Crippen molar-refractivity contribution in [2.24, 2.45) is 0 Å². The third-order valence-electron chi connectivity index (χ3n) is 3.72. The van der Waals surface area contributed by atoms with Gasteiger partial charge in [0.2, 0.25) is 0 Å². The Kier molecular flexibility index (Phi) is 4.79. The van der Waals surface area contributed by atoms with Crippen LogP contribution in [0.1, 0.15) is 49.8 Å². The number of hydrogen-bond donors (Lipinski definition) is 0. The second-order valence-corrected chi connectivity index (χ2v) is 5.25. The van der Waals surface area contributed by atoms with Crippen LogP contribution in [-0.4, -0.2) is 0 Å². The molecule has 0 radical (unpaired) electrons. The van der Waals surface area contributed by atoms with E-state index in [2.05, 4.69) is 50.8 Å². The van der Waals surface area contributed by atoms with E-state index in [1.807, 2.05) is 6.08 Å². The van der Waals surface area contributed by atoms with Gasteiger partial charge in [-0.15, -0.1) is 0 Å². The van der Waals surface area contributed by atoms with Crippen molar-refractivity contribution in [1.82, 2.24) is 0 Å². The molecule has 0 heterocycles. The first-order valence-corrected chi connectivity index (χ1v) is 7.47. The van der Waals surface area contributed by atoms with Crippen molar-refractivity contribution in [3.05, 3.63) is 53.6 Å². The van der Waals surface area contributed by atoms with Crippen LogP contribution in [0, 0.1) is 0 Å². The van der Waals surface area contributed by atoms with Crippen molar-refractivity contribution in [3.8, 4) is 0 Å². The molecule has 0 aromatic heterocycles. The van der Waals surface area contributed by atoms with Crippen LogP contribution in [0.2, 0.25) is 0 Å². The van der Waals surface area contributed by atoms with Crippen LogP contribution in [0.15, 0.2) is 36.9 Å². The molecule has 0 saturated carbocycles. The van der Waals surface area contributed by atoms with Gasteiger partial charge >= 0.3 is 0 Å².